The average Bonchev–Trinajstić information content (AvgIpc) is 3.13. The third kappa shape index (κ3) is 5.55. The zero-order chi connectivity index (χ0) is 24.9. The Morgan fingerprint density at radius 1 is 0.971 bits per heavy atom. The summed E-state index contributed by atoms with van der Waals surface area (Å²) >= 11 is 4.46. The summed E-state index contributed by atoms with van der Waals surface area (Å²) in [5.41, 5.74) is 3.34. The molecule has 0 spiro atoms. The number of hydrogen-bond donors (Lipinski definition) is 0. The molecule has 3 aromatic rings. The van der Waals surface area contributed by atoms with E-state index in [1.807, 2.05) is 44.2 Å². The van der Waals surface area contributed by atoms with E-state index >= 15 is 0 Å². The smallest absolute Gasteiger partial charge is 0.298 e. The monoisotopic (exact) mass is 553 g/mol. The van der Waals surface area contributed by atoms with E-state index in [4.69, 9.17) is 14.2 Å². The standard InChI is InChI=1S/C27H24BrNO5S/c1-4-33-23-13-19(20(28)15-24(23)34-16-18-11-9-17(2)10-12-18)14-25-26(30)29(27(31)35-25)21-7-5-6-8-22(21)32-3/h5-15H,4,16H2,1-3H3/b25-14-. The van der Waals surface area contributed by atoms with Gasteiger partial charge in [-0.2, -0.15) is 0 Å². The van der Waals surface area contributed by atoms with Gasteiger partial charge >= 0.3 is 0 Å². The molecule has 0 aliphatic carbocycles. The summed E-state index contributed by atoms with van der Waals surface area (Å²) in [5.74, 6) is 1.18. The largest absolute Gasteiger partial charge is 0.495 e. The van der Waals surface area contributed by atoms with Gasteiger partial charge in [0.1, 0.15) is 12.4 Å². The summed E-state index contributed by atoms with van der Waals surface area (Å²) in [6, 6.07) is 18.7. The number of aryl methyl sites for hydroxylation is 1. The molecule has 180 valence electrons. The lowest BCUT2D eigenvalue weighted by molar-refractivity contribution is -0.113. The van der Waals surface area contributed by atoms with Crippen LogP contribution in [0.2, 0.25) is 0 Å². The first-order valence-electron chi connectivity index (χ1n) is 11.0. The molecule has 0 bridgehead atoms. The van der Waals surface area contributed by atoms with E-state index in [1.165, 1.54) is 12.7 Å². The Hall–Kier alpha value is -3.23. The third-order valence-electron chi connectivity index (χ3n) is 5.28. The molecule has 1 heterocycles. The van der Waals surface area contributed by atoms with Crippen molar-refractivity contribution in [3.8, 4) is 17.2 Å². The summed E-state index contributed by atoms with van der Waals surface area (Å²) in [5, 5.41) is -0.384. The fraction of sp³-hybridized carbons (Fsp3) is 0.185. The minimum absolute atomic E-state index is 0.303. The van der Waals surface area contributed by atoms with Gasteiger partial charge in [0, 0.05) is 4.47 Å². The van der Waals surface area contributed by atoms with Crippen molar-refractivity contribution in [2.75, 3.05) is 18.6 Å². The number of carbonyl (C=O) groups is 2. The molecule has 0 radical (unpaired) electrons. The summed E-state index contributed by atoms with van der Waals surface area (Å²) in [6.07, 6.45) is 1.68. The van der Waals surface area contributed by atoms with Gasteiger partial charge in [-0.25, -0.2) is 4.90 Å². The number of rotatable bonds is 8. The molecule has 0 aromatic heterocycles. The Morgan fingerprint density at radius 2 is 1.69 bits per heavy atom. The Bertz CT molecular complexity index is 1290. The molecule has 1 fully saturated rings. The van der Waals surface area contributed by atoms with Gasteiger partial charge in [0.15, 0.2) is 11.5 Å². The Balaban J connectivity index is 1.61. The third-order valence-corrected chi connectivity index (χ3v) is 6.84. The minimum atomic E-state index is -0.408. The molecular weight excluding hydrogens is 530 g/mol. The molecule has 1 aliphatic heterocycles. The van der Waals surface area contributed by atoms with Gasteiger partial charge in [-0.05, 0) is 67.1 Å². The Kier molecular flexibility index (Phi) is 7.83. The first kappa shape index (κ1) is 24.9. The highest BCUT2D eigenvalue weighted by molar-refractivity contribution is 9.10. The van der Waals surface area contributed by atoms with Crippen LogP contribution in [-0.4, -0.2) is 24.9 Å². The number of imide groups is 1. The molecule has 0 unspecified atom stereocenters. The SMILES string of the molecule is CCOc1cc(/C=C2\SC(=O)N(c3ccccc3OC)C2=O)c(Br)cc1OCc1ccc(C)cc1. The number of benzene rings is 3. The van der Waals surface area contributed by atoms with Crippen molar-refractivity contribution in [1.29, 1.82) is 0 Å². The number of carbonyl (C=O) groups excluding carboxylic acids is 2. The molecule has 8 heteroatoms. The lowest BCUT2D eigenvalue weighted by Crippen LogP contribution is -2.28. The van der Waals surface area contributed by atoms with Crippen molar-refractivity contribution in [1.82, 2.24) is 0 Å². The summed E-state index contributed by atoms with van der Waals surface area (Å²) in [6.45, 7) is 4.78. The van der Waals surface area contributed by atoms with Gasteiger partial charge in [0.05, 0.1) is 24.3 Å². The van der Waals surface area contributed by atoms with Gasteiger partial charge in [-0.3, -0.25) is 9.59 Å². The minimum Gasteiger partial charge on any atom is -0.495 e. The second-order valence-electron chi connectivity index (χ2n) is 7.72. The Labute approximate surface area is 217 Å². The van der Waals surface area contributed by atoms with Gasteiger partial charge in [-0.15, -0.1) is 0 Å². The average molecular weight is 554 g/mol. The van der Waals surface area contributed by atoms with E-state index in [9.17, 15) is 9.59 Å². The second kappa shape index (κ2) is 11.0. The lowest BCUT2D eigenvalue weighted by atomic mass is 10.1. The van der Waals surface area contributed by atoms with Crippen molar-refractivity contribution in [3.05, 3.63) is 86.7 Å². The fourth-order valence-corrected chi connectivity index (χ4v) is 4.78. The highest BCUT2D eigenvalue weighted by Gasteiger charge is 2.37. The number of halogens is 1. The molecule has 35 heavy (non-hydrogen) atoms. The summed E-state index contributed by atoms with van der Waals surface area (Å²) in [7, 11) is 1.50. The topological polar surface area (TPSA) is 65.1 Å². The quantitative estimate of drug-likeness (QED) is 0.280. The van der Waals surface area contributed by atoms with Crippen molar-refractivity contribution in [3.63, 3.8) is 0 Å². The number of para-hydroxylation sites is 2. The van der Waals surface area contributed by atoms with E-state index in [0.29, 0.717) is 51.1 Å². The maximum absolute atomic E-state index is 13.2. The fourth-order valence-electron chi connectivity index (χ4n) is 3.52. The van der Waals surface area contributed by atoms with E-state index < -0.39 is 5.91 Å². The first-order valence-corrected chi connectivity index (χ1v) is 12.6. The van der Waals surface area contributed by atoms with Crippen LogP contribution < -0.4 is 19.1 Å². The maximum atomic E-state index is 13.2. The number of amides is 2. The van der Waals surface area contributed by atoms with Crippen LogP contribution in [0, 0.1) is 6.92 Å². The van der Waals surface area contributed by atoms with Crippen LogP contribution in [0.25, 0.3) is 6.08 Å². The number of thioether (sulfide) groups is 1. The van der Waals surface area contributed by atoms with E-state index in [1.54, 1.807) is 36.4 Å². The zero-order valence-corrected chi connectivity index (χ0v) is 21.9. The van der Waals surface area contributed by atoms with Gasteiger partial charge in [-0.1, -0.05) is 57.9 Å². The van der Waals surface area contributed by atoms with Crippen LogP contribution >= 0.6 is 27.7 Å². The molecule has 0 saturated carbocycles. The van der Waals surface area contributed by atoms with Crippen LogP contribution in [0.3, 0.4) is 0 Å². The van der Waals surface area contributed by atoms with Crippen molar-refractivity contribution in [2.24, 2.45) is 0 Å². The normalized spacial score (nSPS) is 14.5. The number of nitrogens with zero attached hydrogens (tertiary/aromatic N) is 1. The number of ether oxygens (including phenoxy) is 3. The molecule has 2 amide bonds. The van der Waals surface area contributed by atoms with Crippen LogP contribution in [0.4, 0.5) is 10.5 Å². The number of methoxy groups -OCH3 is 1. The summed E-state index contributed by atoms with van der Waals surface area (Å²) < 4.78 is 17.9. The first-order chi connectivity index (χ1) is 16.9. The predicted octanol–water partition coefficient (Wildman–Crippen LogP) is 6.98. The number of anilines is 1. The van der Waals surface area contributed by atoms with Gasteiger partial charge < -0.3 is 14.2 Å². The molecule has 0 N–H and O–H groups in total. The van der Waals surface area contributed by atoms with E-state index in [2.05, 4.69) is 15.9 Å². The van der Waals surface area contributed by atoms with Crippen LogP contribution in [0.5, 0.6) is 17.2 Å². The van der Waals surface area contributed by atoms with E-state index in [0.717, 1.165) is 22.2 Å². The van der Waals surface area contributed by atoms with Crippen LogP contribution in [-0.2, 0) is 11.4 Å². The Morgan fingerprint density at radius 3 is 2.40 bits per heavy atom. The lowest BCUT2D eigenvalue weighted by Gasteiger charge is -2.16. The van der Waals surface area contributed by atoms with E-state index in [-0.39, 0.29) is 5.24 Å². The highest BCUT2D eigenvalue weighted by Crippen LogP contribution is 2.41. The van der Waals surface area contributed by atoms with Crippen LogP contribution in [0.15, 0.2) is 70.0 Å². The molecular formula is C27H24BrNO5S. The van der Waals surface area contributed by atoms with Crippen LogP contribution in [0.1, 0.15) is 23.6 Å². The molecule has 4 rings (SSSR count). The molecule has 1 saturated heterocycles. The maximum Gasteiger partial charge on any atom is 0.298 e. The molecule has 6 nitrogen and oxygen atoms in total. The molecule has 0 atom stereocenters. The van der Waals surface area contributed by atoms with Crippen molar-refractivity contribution < 1.29 is 23.8 Å². The van der Waals surface area contributed by atoms with Gasteiger partial charge in [0.2, 0.25) is 0 Å². The highest BCUT2D eigenvalue weighted by atomic mass is 79.9. The number of hydrogen-bond acceptors (Lipinski definition) is 6. The van der Waals surface area contributed by atoms with Crippen molar-refractivity contribution in [2.45, 2.75) is 20.5 Å². The molecule has 1 aliphatic rings. The van der Waals surface area contributed by atoms with Gasteiger partial charge in [0.25, 0.3) is 11.1 Å². The zero-order valence-electron chi connectivity index (χ0n) is 19.5. The summed E-state index contributed by atoms with van der Waals surface area (Å²) in [4.78, 5) is 27.3. The van der Waals surface area contributed by atoms with Crippen molar-refractivity contribution >= 4 is 50.6 Å². The predicted molar refractivity (Wildman–Crippen MR) is 142 cm³/mol. The second-order valence-corrected chi connectivity index (χ2v) is 9.56. The molecule has 3 aromatic carbocycles.